The zero-order valence-corrected chi connectivity index (χ0v) is 13.6. The Kier molecular flexibility index (Phi) is 6.65. The highest BCUT2D eigenvalue weighted by molar-refractivity contribution is 7.88. The van der Waals surface area contributed by atoms with E-state index < -0.39 is 10.0 Å². The third-order valence-corrected chi connectivity index (χ3v) is 4.22. The van der Waals surface area contributed by atoms with E-state index in [1.807, 2.05) is 38.1 Å². The Hall–Kier alpha value is -0.910. The van der Waals surface area contributed by atoms with Crippen molar-refractivity contribution < 1.29 is 8.42 Å². The van der Waals surface area contributed by atoms with Crippen LogP contribution in [0.3, 0.4) is 0 Å². The van der Waals surface area contributed by atoms with Crippen molar-refractivity contribution in [2.24, 2.45) is 5.92 Å². The van der Waals surface area contributed by atoms with Crippen LogP contribution in [0.15, 0.2) is 24.3 Å². The van der Waals surface area contributed by atoms with Crippen LogP contribution >= 0.6 is 0 Å². The van der Waals surface area contributed by atoms with Crippen LogP contribution in [0, 0.1) is 5.92 Å². The quantitative estimate of drug-likeness (QED) is 0.774. The monoisotopic (exact) mass is 298 g/mol. The summed E-state index contributed by atoms with van der Waals surface area (Å²) in [5.41, 5.74) is 1.98. The Morgan fingerprint density at radius 1 is 1.00 bits per heavy atom. The standard InChI is InChI=1S/C15H26N2O2S/c1-12(2)9-16-10-14-5-7-15(8-6-14)11-20(18,19)17-13(3)4/h5-8,12-13,16-17H,9-11H2,1-4H3. The highest BCUT2D eigenvalue weighted by Crippen LogP contribution is 2.08. The molecule has 0 saturated carbocycles. The summed E-state index contributed by atoms with van der Waals surface area (Å²) in [6, 6.07) is 7.65. The van der Waals surface area contributed by atoms with Gasteiger partial charge in [0.25, 0.3) is 0 Å². The highest BCUT2D eigenvalue weighted by atomic mass is 32.2. The molecule has 2 N–H and O–H groups in total. The molecule has 5 heteroatoms. The summed E-state index contributed by atoms with van der Waals surface area (Å²) in [6.45, 7) is 9.78. The van der Waals surface area contributed by atoms with Crippen molar-refractivity contribution in [3.63, 3.8) is 0 Å². The van der Waals surface area contributed by atoms with Crippen LogP contribution in [0.25, 0.3) is 0 Å². The van der Waals surface area contributed by atoms with Gasteiger partial charge >= 0.3 is 0 Å². The molecule has 0 aliphatic rings. The van der Waals surface area contributed by atoms with Gasteiger partial charge in [-0.15, -0.1) is 0 Å². The van der Waals surface area contributed by atoms with Crippen molar-refractivity contribution in [1.82, 2.24) is 10.0 Å². The van der Waals surface area contributed by atoms with Crippen molar-refractivity contribution in [3.8, 4) is 0 Å². The predicted molar refractivity (Wildman–Crippen MR) is 83.9 cm³/mol. The molecule has 0 bridgehead atoms. The summed E-state index contributed by atoms with van der Waals surface area (Å²) < 4.78 is 26.2. The largest absolute Gasteiger partial charge is 0.312 e. The first-order valence-electron chi connectivity index (χ1n) is 7.07. The molecule has 114 valence electrons. The fraction of sp³-hybridized carbons (Fsp3) is 0.600. The van der Waals surface area contributed by atoms with Crippen LogP contribution < -0.4 is 10.0 Å². The van der Waals surface area contributed by atoms with Gasteiger partial charge in [0.15, 0.2) is 0 Å². The molecule has 0 aromatic heterocycles. The molecule has 1 aromatic rings. The lowest BCUT2D eigenvalue weighted by atomic mass is 10.1. The molecule has 20 heavy (non-hydrogen) atoms. The maximum Gasteiger partial charge on any atom is 0.216 e. The van der Waals surface area contributed by atoms with Crippen molar-refractivity contribution >= 4 is 10.0 Å². The number of nitrogens with one attached hydrogen (secondary N) is 2. The van der Waals surface area contributed by atoms with Gasteiger partial charge in [-0.3, -0.25) is 0 Å². The molecule has 0 heterocycles. The Balaban J connectivity index is 2.54. The van der Waals surface area contributed by atoms with Gasteiger partial charge in [0.05, 0.1) is 5.75 Å². The van der Waals surface area contributed by atoms with E-state index in [9.17, 15) is 8.42 Å². The van der Waals surface area contributed by atoms with E-state index in [0.717, 1.165) is 18.7 Å². The molecule has 1 rings (SSSR count). The van der Waals surface area contributed by atoms with Crippen LogP contribution in [-0.4, -0.2) is 21.0 Å². The van der Waals surface area contributed by atoms with Gasteiger partial charge in [-0.2, -0.15) is 0 Å². The van der Waals surface area contributed by atoms with Crippen molar-refractivity contribution in [1.29, 1.82) is 0 Å². The van der Waals surface area contributed by atoms with E-state index >= 15 is 0 Å². The van der Waals surface area contributed by atoms with E-state index in [0.29, 0.717) is 5.92 Å². The van der Waals surface area contributed by atoms with Gasteiger partial charge in [-0.25, -0.2) is 13.1 Å². The minimum atomic E-state index is -3.24. The zero-order valence-electron chi connectivity index (χ0n) is 12.8. The Morgan fingerprint density at radius 2 is 1.55 bits per heavy atom. The molecule has 0 atom stereocenters. The fourth-order valence-electron chi connectivity index (χ4n) is 1.88. The maximum absolute atomic E-state index is 11.8. The second-order valence-corrected chi connectivity index (χ2v) is 7.63. The Labute approximate surface area is 123 Å². The molecule has 4 nitrogen and oxygen atoms in total. The topological polar surface area (TPSA) is 58.2 Å². The van der Waals surface area contributed by atoms with Crippen LogP contribution in [0.1, 0.15) is 38.8 Å². The third kappa shape index (κ3) is 7.03. The smallest absolute Gasteiger partial charge is 0.216 e. The van der Waals surface area contributed by atoms with Gasteiger partial charge in [0, 0.05) is 12.6 Å². The summed E-state index contributed by atoms with van der Waals surface area (Å²) in [7, 11) is -3.24. The second-order valence-electron chi connectivity index (χ2n) is 5.87. The lowest BCUT2D eigenvalue weighted by Crippen LogP contribution is -2.31. The number of hydrogen-bond acceptors (Lipinski definition) is 3. The molecule has 0 aliphatic carbocycles. The lowest BCUT2D eigenvalue weighted by molar-refractivity contribution is 0.552. The van der Waals surface area contributed by atoms with Crippen molar-refractivity contribution in [3.05, 3.63) is 35.4 Å². The molecule has 0 amide bonds. The molecule has 0 spiro atoms. The average molecular weight is 298 g/mol. The summed E-state index contributed by atoms with van der Waals surface area (Å²) in [5, 5.41) is 3.36. The van der Waals surface area contributed by atoms with Gasteiger partial charge in [0.2, 0.25) is 10.0 Å². The first kappa shape index (κ1) is 17.1. The number of rotatable bonds is 8. The summed E-state index contributed by atoms with van der Waals surface area (Å²) in [4.78, 5) is 0. The van der Waals surface area contributed by atoms with Crippen LogP contribution in [0.5, 0.6) is 0 Å². The molecule has 0 unspecified atom stereocenters. The first-order chi connectivity index (χ1) is 9.28. The number of hydrogen-bond donors (Lipinski definition) is 2. The van der Waals surface area contributed by atoms with E-state index in [4.69, 9.17) is 0 Å². The summed E-state index contributed by atoms with van der Waals surface area (Å²) in [5.74, 6) is 0.659. The van der Waals surface area contributed by atoms with Crippen LogP contribution in [0.2, 0.25) is 0 Å². The number of sulfonamides is 1. The fourth-order valence-corrected chi connectivity index (χ4v) is 3.31. The minimum absolute atomic E-state index is 0.0326. The van der Waals surface area contributed by atoms with Gasteiger partial charge in [-0.1, -0.05) is 38.1 Å². The van der Waals surface area contributed by atoms with Gasteiger partial charge < -0.3 is 5.32 Å². The Morgan fingerprint density at radius 3 is 2.05 bits per heavy atom. The van der Waals surface area contributed by atoms with E-state index in [2.05, 4.69) is 23.9 Å². The lowest BCUT2D eigenvalue weighted by Gasteiger charge is -2.10. The van der Waals surface area contributed by atoms with E-state index in [-0.39, 0.29) is 11.8 Å². The normalized spacial score (nSPS) is 12.3. The zero-order chi connectivity index (χ0) is 15.2. The first-order valence-corrected chi connectivity index (χ1v) is 8.72. The van der Waals surface area contributed by atoms with Crippen molar-refractivity contribution in [2.45, 2.75) is 46.0 Å². The second kappa shape index (κ2) is 7.76. The summed E-state index contributed by atoms with van der Waals surface area (Å²) in [6.07, 6.45) is 0. The molecule has 0 fully saturated rings. The molecule has 0 aliphatic heterocycles. The highest BCUT2D eigenvalue weighted by Gasteiger charge is 2.12. The van der Waals surface area contributed by atoms with Crippen LogP contribution in [-0.2, 0) is 22.3 Å². The summed E-state index contributed by atoms with van der Waals surface area (Å²) >= 11 is 0. The van der Waals surface area contributed by atoms with Gasteiger partial charge in [-0.05, 0) is 37.4 Å². The molecule has 0 saturated heterocycles. The minimum Gasteiger partial charge on any atom is -0.312 e. The average Bonchev–Trinajstić information content (AvgIpc) is 2.28. The Bertz CT molecular complexity index is 493. The van der Waals surface area contributed by atoms with E-state index in [1.54, 1.807) is 0 Å². The van der Waals surface area contributed by atoms with Gasteiger partial charge in [0.1, 0.15) is 0 Å². The molecule has 0 radical (unpaired) electrons. The number of benzene rings is 1. The van der Waals surface area contributed by atoms with Crippen LogP contribution in [0.4, 0.5) is 0 Å². The SMILES string of the molecule is CC(C)CNCc1ccc(CS(=O)(=O)NC(C)C)cc1. The molecular weight excluding hydrogens is 272 g/mol. The molecular formula is C15H26N2O2S. The van der Waals surface area contributed by atoms with E-state index in [1.165, 1.54) is 5.56 Å². The third-order valence-electron chi connectivity index (χ3n) is 2.68. The maximum atomic E-state index is 11.8. The predicted octanol–water partition coefficient (Wildman–Crippen LogP) is 2.26. The molecule has 1 aromatic carbocycles. The van der Waals surface area contributed by atoms with Crippen molar-refractivity contribution in [2.75, 3.05) is 6.54 Å².